The van der Waals surface area contributed by atoms with Crippen LogP contribution < -0.4 is 5.73 Å². The van der Waals surface area contributed by atoms with Crippen LogP contribution in [0.25, 0.3) is 10.9 Å². The van der Waals surface area contributed by atoms with Crippen molar-refractivity contribution < 1.29 is 0 Å². The summed E-state index contributed by atoms with van der Waals surface area (Å²) in [6, 6.07) is 18.6. The molecule has 1 aromatic heterocycles. The molecule has 106 valence electrons. The fourth-order valence-corrected chi connectivity index (χ4v) is 3.19. The van der Waals surface area contributed by atoms with Crippen LogP contribution in [0.3, 0.4) is 0 Å². The monoisotopic (exact) mass is 294 g/mol. The lowest BCUT2D eigenvalue weighted by molar-refractivity contribution is 0.849. The van der Waals surface area contributed by atoms with Gasteiger partial charge in [-0.2, -0.15) is 0 Å². The first kappa shape index (κ1) is 14.1. The first-order valence-electron chi connectivity index (χ1n) is 6.95. The van der Waals surface area contributed by atoms with E-state index < -0.39 is 0 Å². The summed E-state index contributed by atoms with van der Waals surface area (Å²) in [4.78, 5) is 5.77. The van der Waals surface area contributed by atoms with Gasteiger partial charge in [0.1, 0.15) is 0 Å². The lowest BCUT2D eigenvalue weighted by Gasteiger charge is -2.16. The molecule has 0 amide bonds. The summed E-state index contributed by atoms with van der Waals surface area (Å²) in [6.07, 6.45) is 2.08. The molecule has 0 aliphatic heterocycles. The standard InChI is InChI=1S/C18H18N2S/c1-12-7-8-13-11-14(9-10-16(13)20-12)18(19)15-5-3-4-6-17(15)21-2/h3-11,18H,19H2,1-2H3. The van der Waals surface area contributed by atoms with Gasteiger partial charge in [-0.25, -0.2) is 0 Å². The summed E-state index contributed by atoms with van der Waals surface area (Å²) in [5.74, 6) is 0. The molecule has 0 radical (unpaired) electrons. The van der Waals surface area contributed by atoms with E-state index in [1.165, 1.54) is 10.5 Å². The second-order valence-corrected chi connectivity index (χ2v) is 5.97. The van der Waals surface area contributed by atoms with Crippen LogP contribution in [-0.2, 0) is 0 Å². The number of rotatable bonds is 3. The predicted octanol–water partition coefficient (Wildman–Crippen LogP) is 4.31. The Hall–Kier alpha value is -1.84. The molecule has 0 fully saturated rings. The van der Waals surface area contributed by atoms with E-state index in [4.69, 9.17) is 5.73 Å². The van der Waals surface area contributed by atoms with Crippen molar-refractivity contribution in [3.05, 3.63) is 71.4 Å². The van der Waals surface area contributed by atoms with Gasteiger partial charge in [-0.1, -0.05) is 30.3 Å². The van der Waals surface area contributed by atoms with Crippen molar-refractivity contribution >= 4 is 22.7 Å². The van der Waals surface area contributed by atoms with Crippen LogP contribution in [0, 0.1) is 6.92 Å². The lowest BCUT2D eigenvalue weighted by Crippen LogP contribution is -2.12. The highest BCUT2D eigenvalue weighted by Gasteiger charge is 2.13. The molecule has 21 heavy (non-hydrogen) atoms. The number of pyridine rings is 1. The van der Waals surface area contributed by atoms with Gasteiger partial charge >= 0.3 is 0 Å². The molecule has 0 bridgehead atoms. The number of hydrogen-bond donors (Lipinski definition) is 1. The maximum atomic E-state index is 6.48. The first-order chi connectivity index (χ1) is 10.2. The van der Waals surface area contributed by atoms with Gasteiger partial charge in [-0.3, -0.25) is 4.98 Å². The summed E-state index contributed by atoms with van der Waals surface area (Å²) in [7, 11) is 0. The van der Waals surface area contributed by atoms with Crippen molar-refractivity contribution in [3.8, 4) is 0 Å². The van der Waals surface area contributed by atoms with Crippen molar-refractivity contribution in [2.45, 2.75) is 17.9 Å². The zero-order chi connectivity index (χ0) is 14.8. The Morgan fingerprint density at radius 1 is 1.05 bits per heavy atom. The van der Waals surface area contributed by atoms with Gasteiger partial charge in [-0.15, -0.1) is 11.8 Å². The Balaban J connectivity index is 2.05. The highest BCUT2D eigenvalue weighted by Crippen LogP contribution is 2.29. The quantitative estimate of drug-likeness (QED) is 0.731. The SMILES string of the molecule is CSc1ccccc1C(N)c1ccc2nc(C)ccc2c1. The maximum Gasteiger partial charge on any atom is 0.0705 e. The Kier molecular flexibility index (Phi) is 3.95. The molecule has 3 rings (SSSR count). The van der Waals surface area contributed by atoms with E-state index in [1.807, 2.05) is 19.1 Å². The van der Waals surface area contributed by atoms with E-state index in [-0.39, 0.29) is 6.04 Å². The number of hydrogen-bond acceptors (Lipinski definition) is 3. The maximum absolute atomic E-state index is 6.48. The normalized spacial score (nSPS) is 12.5. The number of benzene rings is 2. The Labute approximate surface area is 129 Å². The Morgan fingerprint density at radius 2 is 1.86 bits per heavy atom. The second-order valence-electron chi connectivity index (χ2n) is 5.12. The van der Waals surface area contributed by atoms with Crippen LogP contribution in [0.2, 0.25) is 0 Å². The number of thioether (sulfide) groups is 1. The summed E-state index contributed by atoms with van der Waals surface area (Å²) in [5, 5.41) is 1.13. The van der Waals surface area contributed by atoms with Gasteiger partial charge in [-0.05, 0) is 48.6 Å². The fraction of sp³-hybridized carbons (Fsp3) is 0.167. The molecule has 0 spiro atoms. The third-order valence-electron chi connectivity index (χ3n) is 3.69. The fourth-order valence-electron chi connectivity index (χ4n) is 2.54. The number of aromatic nitrogens is 1. The largest absolute Gasteiger partial charge is 0.320 e. The minimum absolute atomic E-state index is 0.112. The summed E-state index contributed by atoms with van der Waals surface area (Å²) in [5.41, 5.74) is 10.8. The van der Waals surface area contributed by atoms with Crippen LogP contribution in [0.15, 0.2) is 59.5 Å². The highest BCUT2D eigenvalue weighted by atomic mass is 32.2. The average molecular weight is 294 g/mol. The van der Waals surface area contributed by atoms with Crippen molar-refractivity contribution in [1.29, 1.82) is 0 Å². The second kappa shape index (κ2) is 5.88. The molecule has 2 nitrogen and oxygen atoms in total. The molecule has 0 aliphatic rings. The van der Waals surface area contributed by atoms with E-state index >= 15 is 0 Å². The molecular weight excluding hydrogens is 276 g/mol. The van der Waals surface area contributed by atoms with Gasteiger partial charge < -0.3 is 5.73 Å². The van der Waals surface area contributed by atoms with Crippen molar-refractivity contribution in [2.75, 3.05) is 6.26 Å². The number of fused-ring (bicyclic) bond motifs is 1. The predicted molar refractivity (Wildman–Crippen MR) is 90.7 cm³/mol. The average Bonchev–Trinajstić information content (AvgIpc) is 2.53. The molecule has 2 aromatic carbocycles. The molecule has 3 heteroatoms. The van der Waals surface area contributed by atoms with E-state index in [0.29, 0.717) is 0 Å². The minimum Gasteiger partial charge on any atom is -0.320 e. The molecule has 3 aromatic rings. The molecule has 0 saturated heterocycles. The summed E-state index contributed by atoms with van der Waals surface area (Å²) >= 11 is 1.73. The van der Waals surface area contributed by atoms with E-state index in [1.54, 1.807) is 11.8 Å². The third-order valence-corrected chi connectivity index (χ3v) is 4.50. The van der Waals surface area contributed by atoms with E-state index in [0.717, 1.165) is 22.2 Å². The van der Waals surface area contributed by atoms with Gasteiger partial charge in [0.2, 0.25) is 0 Å². The molecule has 1 heterocycles. The van der Waals surface area contributed by atoms with Gasteiger partial charge in [0.05, 0.1) is 11.6 Å². The van der Waals surface area contributed by atoms with Gasteiger partial charge in [0.15, 0.2) is 0 Å². The minimum atomic E-state index is -0.112. The molecule has 0 aliphatic carbocycles. The molecular formula is C18H18N2S. The summed E-state index contributed by atoms with van der Waals surface area (Å²) < 4.78 is 0. The lowest BCUT2D eigenvalue weighted by atomic mass is 9.98. The van der Waals surface area contributed by atoms with Crippen LogP contribution in [0.4, 0.5) is 0 Å². The zero-order valence-electron chi connectivity index (χ0n) is 12.2. The Bertz CT molecular complexity index is 783. The number of aryl methyl sites for hydroxylation is 1. The molecule has 2 N–H and O–H groups in total. The third kappa shape index (κ3) is 2.80. The van der Waals surface area contributed by atoms with E-state index in [9.17, 15) is 0 Å². The van der Waals surface area contributed by atoms with Crippen LogP contribution in [-0.4, -0.2) is 11.2 Å². The van der Waals surface area contributed by atoms with Crippen LogP contribution >= 0.6 is 11.8 Å². The van der Waals surface area contributed by atoms with Crippen molar-refractivity contribution in [1.82, 2.24) is 4.98 Å². The van der Waals surface area contributed by atoms with Crippen LogP contribution in [0.1, 0.15) is 22.9 Å². The van der Waals surface area contributed by atoms with Gasteiger partial charge in [0.25, 0.3) is 0 Å². The molecule has 1 unspecified atom stereocenters. The van der Waals surface area contributed by atoms with Crippen molar-refractivity contribution in [3.63, 3.8) is 0 Å². The van der Waals surface area contributed by atoms with Crippen LogP contribution in [0.5, 0.6) is 0 Å². The molecule has 0 saturated carbocycles. The molecule has 1 atom stereocenters. The van der Waals surface area contributed by atoms with E-state index in [2.05, 4.69) is 53.7 Å². The number of nitrogens with two attached hydrogens (primary N) is 1. The first-order valence-corrected chi connectivity index (χ1v) is 8.17. The Morgan fingerprint density at radius 3 is 2.67 bits per heavy atom. The number of nitrogens with zero attached hydrogens (tertiary/aromatic N) is 1. The van der Waals surface area contributed by atoms with Gasteiger partial charge in [0, 0.05) is 16.0 Å². The summed E-state index contributed by atoms with van der Waals surface area (Å²) in [6.45, 7) is 2.01. The zero-order valence-corrected chi connectivity index (χ0v) is 13.0. The highest BCUT2D eigenvalue weighted by molar-refractivity contribution is 7.98. The smallest absolute Gasteiger partial charge is 0.0705 e. The topological polar surface area (TPSA) is 38.9 Å². The van der Waals surface area contributed by atoms with Crippen molar-refractivity contribution in [2.24, 2.45) is 5.73 Å².